The molecule has 142 valence electrons. The van der Waals surface area contributed by atoms with E-state index in [1.165, 1.54) is 10.4 Å². The molecular weight excluding hydrogens is 370 g/mol. The highest BCUT2D eigenvalue weighted by Crippen LogP contribution is 2.27. The van der Waals surface area contributed by atoms with Crippen LogP contribution < -0.4 is 5.32 Å². The molecule has 5 nitrogen and oxygen atoms in total. The maximum absolute atomic E-state index is 13.1. The average Bonchev–Trinajstić information content (AvgIpc) is 3.17. The highest BCUT2D eigenvalue weighted by Gasteiger charge is 2.24. The van der Waals surface area contributed by atoms with Crippen LogP contribution in [0.15, 0.2) is 48.0 Å². The van der Waals surface area contributed by atoms with Gasteiger partial charge >= 0.3 is 0 Å². The summed E-state index contributed by atoms with van der Waals surface area (Å²) in [6.07, 6.45) is 2.45. The summed E-state index contributed by atoms with van der Waals surface area (Å²) >= 11 is 1.76. The van der Waals surface area contributed by atoms with Gasteiger partial charge in [0.1, 0.15) is 0 Å². The van der Waals surface area contributed by atoms with Gasteiger partial charge in [-0.15, -0.1) is 11.3 Å². The van der Waals surface area contributed by atoms with Crippen molar-refractivity contribution in [1.29, 1.82) is 0 Å². The SMILES string of the molecule is Cc1ccc(C(=O)Nc2cccc(C(=O)N3CCc4sccc4C3)c2C)cn1. The molecule has 28 heavy (non-hydrogen) atoms. The average molecular weight is 391 g/mol. The Morgan fingerprint density at radius 1 is 1.14 bits per heavy atom. The molecule has 0 unspecified atom stereocenters. The number of aromatic nitrogens is 1. The van der Waals surface area contributed by atoms with Gasteiger partial charge in [0.2, 0.25) is 0 Å². The van der Waals surface area contributed by atoms with E-state index < -0.39 is 0 Å². The van der Waals surface area contributed by atoms with Crippen LogP contribution in [0.3, 0.4) is 0 Å². The number of fused-ring (bicyclic) bond motifs is 1. The second kappa shape index (κ2) is 7.56. The molecule has 0 bridgehead atoms. The summed E-state index contributed by atoms with van der Waals surface area (Å²) < 4.78 is 0. The van der Waals surface area contributed by atoms with Crippen LogP contribution in [0.25, 0.3) is 0 Å². The van der Waals surface area contributed by atoms with Crippen LogP contribution in [0.5, 0.6) is 0 Å². The molecule has 0 spiro atoms. The van der Waals surface area contributed by atoms with Crippen LogP contribution in [0, 0.1) is 13.8 Å². The summed E-state index contributed by atoms with van der Waals surface area (Å²) in [5.74, 6) is -0.233. The van der Waals surface area contributed by atoms with Crippen LogP contribution in [-0.4, -0.2) is 28.2 Å². The number of pyridine rings is 1. The number of hydrogen-bond donors (Lipinski definition) is 1. The lowest BCUT2D eigenvalue weighted by Gasteiger charge is -2.28. The van der Waals surface area contributed by atoms with E-state index in [2.05, 4.69) is 21.7 Å². The maximum atomic E-state index is 13.1. The molecule has 3 aromatic rings. The molecule has 3 heterocycles. The van der Waals surface area contributed by atoms with Crippen LogP contribution in [-0.2, 0) is 13.0 Å². The minimum absolute atomic E-state index is 0.00227. The lowest BCUT2D eigenvalue weighted by atomic mass is 10.0. The Labute approximate surface area is 168 Å². The second-order valence-electron chi connectivity index (χ2n) is 6.97. The number of carbonyl (C=O) groups is 2. The molecule has 2 aromatic heterocycles. The fourth-order valence-corrected chi connectivity index (χ4v) is 4.28. The van der Waals surface area contributed by atoms with E-state index in [-0.39, 0.29) is 11.8 Å². The lowest BCUT2D eigenvalue weighted by Crippen LogP contribution is -2.35. The van der Waals surface area contributed by atoms with Gasteiger partial charge in [-0.25, -0.2) is 0 Å². The van der Waals surface area contributed by atoms with Gasteiger partial charge in [-0.3, -0.25) is 14.6 Å². The molecule has 0 radical (unpaired) electrons. The van der Waals surface area contributed by atoms with Crippen molar-refractivity contribution in [3.05, 3.63) is 80.8 Å². The molecule has 1 N–H and O–H groups in total. The third-order valence-corrected chi connectivity index (χ3v) is 6.10. The first kappa shape index (κ1) is 18.4. The van der Waals surface area contributed by atoms with Gasteiger partial charge in [-0.05, 0) is 67.1 Å². The number of hydrogen-bond acceptors (Lipinski definition) is 4. The van der Waals surface area contributed by atoms with E-state index in [0.717, 1.165) is 24.2 Å². The number of rotatable bonds is 3. The Morgan fingerprint density at radius 2 is 2.00 bits per heavy atom. The fraction of sp³-hybridized carbons (Fsp3) is 0.227. The minimum Gasteiger partial charge on any atom is -0.334 e. The van der Waals surface area contributed by atoms with Gasteiger partial charge in [-0.2, -0.15) is 0 Å². The quantitative estimate of drug-likeness (QED) is 0.727. The number of aryl methyl sites for hydroxylation is 1. The molecule has 6 heteroatoms. The third kappa shape index (κ3) is 3.55. The molecule has 1 aliphatic rings. The normalized spacial score (nSPS) is 13.1. The number of amides is 2. The standard InChI is InChI=1S/C22H21N3O2S/c1-14-6-7-16(12-23-14)21(26)24-19-5-3-4-18(15(19)2)22(27)25-10-8-20-17(13-25)9-11-28-20/h3-7,9,11-12H,8,10,13H2,1-2H3,(H,24,26). The van der Waals surface area contributed by atoms with Gasteiger partial charge in [0.05, 0.1) is 5.56 Å². The van der Waals surface area contributed by atoms with E-state index in [1.807, 2.05) is 36.9 Å². The summed E-state index contributed by atoms with van der Waals surface area (Å²) in [5, 5.41) is 4.99. The van der Waals surface area contributed by atoms with E-state index >= 15 is 0 Å². The first-order valence-corrected chi connectivity index (χ1v) is 10.1. The molecule has 0 atom stereocenters. The first-order chi connectivity index (χ1) is 13.5. The van der Waals surface area contributed by atoms with Crippen molar-refractivity contribution in [3.8, 4) is 0 Å². The highest BCUT2D eigenvalue weighted by molar-refractivity contribution is 7.10. The van der Waals surface area contributed by atoms with Crippen LogP contribution in [0.4, 0.5) is 5.69 Å². The van der Waals surface area contributed by atoms with E-state index in [1.54, 1.807) is 29.7 Å². The molecule has 4 rings (SSSR count). The number of nitrogens with zero attached hydrogens (tertiary/aromatic N) is 2. The Kier molecular flexibility index (Phi) is 4.96. The van der Waals surface area contributed by atoms with Gasteiger partial charge in [0.15, 0.2) is 0 Å². The second-order valence-corrected chi connectivity index (χ2v) is 7.97. The molecule has 2 amide bonds. The summed E-state index contributed by atoms with van der Waals surface area (Å²) in [4.78, 5) is 33.0. The Bertz CT molecular complexity index is 1040. The monoisotopic (exact) mass is 391 g/mol. The molecule has 0 saturated heterocycles. The third-order valence-electron chi connectivity index (χ3n) is 5.08. The largest absolute Gasteiger partial charge is 0.334 e. The maximum Gasteiger partial charge on any atom is 0.257 e. The molecule has 0 saturated carbocycles. The molecule has 0 fully saturated rings. The Balaban J connectivity index is 1.54. The van der Waals surface area contributed by atoms with Crippen LogP contribution in [0.1, 0.15) is 42.4 Å². The summed E-state index contributed by atoms with van der Waals surface area (Å²) in [6.45, 7) is 5.11. The van der Waals surface area contributed by atoms with Crippen molar-refractivity contribution >= 4 is 28.8 Å². The van der Waals surface area contributed by atoms with Gasteiger partial charge < -0.3 is 10.2 Å². The summed E-state index contributed by atoms with van der Waals surface area (Å²) in [5.41, 5.74) is 4.62. The number of anilines is 1. The Morgan fingerprint density at radius 3 is 2.79 bits per heavy atom. The van der Waals surface area contributed by atoms with Crippen molar-refractivity contribution in [2.75, 3.05) is 11.9 Å². The summed E-state index contributed by atoms with van der Waals surface area (Å²) in [6, 6.07) is 11.1. The zero-order valence-corrected chi connectivity index (χ0v) is 16.7. The highest BCUT2D eigenvalue weighted by atomic mass is 32.1. The van der Waals surface area contributed by atoms with Crippen molar-refractivity contribution in [2.24, 2.45) is 0 Å². The van der Waals surface area contributed by atoms with E-state index in [4.69, 9.17) is 0 Å². The predicted molar refractivity (Wildman–Crippen MR) is 111 cm³/mol. The zero-order valence-electron chi connectivity index (χ0n) is 15.9. The predicted octanol–water partition coefficient (Wildman–Crippen LogP) is 4.21. The van der Waals surface area contributed by atoms with Crippen LogP contribution in [0.2, 0.25) is 0 Å². The van der Waals surface area contributed by atoms with Crippen LogP contribution >= 0.6 is 11.3 Å². The minimum atomic E-state index is -0.235. The topological polar surface area (TPSA) is 62.3 Å². The number of nitrogens with one attached hydrogen (secondary N) is 1. The molecule has 1 aliphatic heterocycles. The molecular formula is C22H21N3O2S. The fourth-order valence-electron chi connectivity index (χ4n) is 3.39. The summed E-state index contributed by atoms with van der Waals surface area (Å²) in [7, 11) is 0. The van der Waals surface area contributed by atoms with Crippen molar-refractivity contribution < 1.29 is 9.59 Å². The molecule has 0 aliphatic carbocycles. The smallest absolute Gasteiger partial charge is 0.257 e. The van der Waals surface area contributed by atoms with Gasteiger partial charge in [-0.1, -0.05) is 6.07 Å². The van der Waals surface area contributed by atoms with Gasteiger partial charge in [0, 0.05) is 41.1 Å². The van der Waals surface area contributed by atoms with Crippen molar-refractivity contribution in [2.45, 2.75) is 26.8 Å². The number of carbonyl (C=O) groups excluding carboxylic acids is 2. The lowest BCUT2D eigenvalue weighted by molar-refractivity contribution is 0.0735. The van der Waals surface area contributed by atoms with Crippen molar-refractivity contribution in [1.82, 2.24) is 9.88 Å². The number of thiophene rings is 1. The molecule has 1 aromatic carbocycles. The van der Waals surface area contributed by atoms with Crippen molar-refractivity contribution in [3.63, 3.8) is 0 Å². The first-order valence-electron chi connectivity index (χ1n) is 9.21. The number of benzene rings is 1. The van der Waals surface area contributed by atoms with E-state index in [9.17, 15) is 9.59 Å². The Hall–Kier alpha value is -2.99. The van der Waals surface area contributed by atoms with Gasteiger partial charge in [0.25, 0.3) is 11.8 Å². The zero-order chi connectivity index (χ0) is 19.7. The van der Waals surface area contributed by atoms with E-state index in [0.29, 0.717) is 23.4 Å².